The summed E-state index contributed by atoms with van der Waals surface area (Å²) in [6.07, 6.45) is 0. The van der Waals surface area contributed by atoms with Crippen molar-refractivity contribution in [2.75, 3.05) is 18.5 Å². The Morgan fingerprint density at radius 2 is 2.00 bits per heavy atom. The molecule has 0 bridgehead atoms. The predicted octanol–water partition coefficient (Wildman–Crippen LogP) is 3.94. The molecule has 24 heavy (non-hydrogen) atoms. The summed E-state index contributed by atoms with van der Waals surface area (Å²) in [5.74, 6) is 0.492. The Morgan fingerprint density at radius 1 is 1.21 bits per heavy atom. The minimum absolute atomic E-state index is 0.198. The van der Waals surface area contributed by atoms with Gasteiger partial charge in [0.05, 0.1) is 28.9 Å². The first-order chi connectivity index (χ1) is 11.5. The molecule has 0 aliphatic heterocycles. The van der Waals surface area contributed by atoms with E-state index in [4.69, 9.17) is 26.3 Å². The molecule has 0 aromatic heterocycles. The molecule has 0 saturated heterocycles. The van der Waals surface area contributed by atoms with Gasteiger partial charge in [0.2, 0.25) is 0 Å². The third-order valence-electron chi connectivity index (χ3n) is 3.13. The van der Waals surface area contributed by atoms with Crippen molar-refractivity contribution in [3.05, 3.63) is 52.5 Å². The van der Waals surface area contributed by atoms with E-state index in [9.17, 15) is 4.79 Å². The zero-order valence-electron chi connectivity index (χ0n) is 13.4. The van der Waals surface area contributed by atoms with Crippen molar-refractivity contribution in [2.24, 2.45) is 0 Å². The number of ether oxygens (including phenoxy) is 2. The molecule has 0 saturated carbocycles. The maximum atomic E-state index is 12.0. The lowest BCUT2D eigenvalue weighted by Gasteiger charge is -2.12. The highest BCUT2D eigenvalue weighted by Gasteiger charge is 2.10. The van der Waals surface area contributed by atoms with Gasteiger partial charge in [-0.2, -0.15) is 5.26 Å². The number of halogens is 1. The van der Waals surface area contributed by atoms with Gasteiger partial charge in [-0.15, -0.1) is 0 Å². The standard InChI is InChI=1S/C18H17ClN2O3/c1-3-23-17-9-13(10-20)5-7-16(17)24-11-18(22)21-15-6-4-12(2)8-14(15)19/h4-9H,3,11H2,1-2H3,(H,21,22). The van der Waals surface area contributed by atoms with Crippen molar-refractivity contribution in [1.82, 2.24) is 0 Å². The van der Waals surface area contributed by atoms with E-state index in [1.54, 1.807) is 30.3 Å². The van der Waals surface area contributed by atoms with Gasteiger partial charge in [0.1, 0.15) is 0 Å². The van der Waals surface area contributed by atoms with Gasteiger partial charge >= 0.3 is 0 Å². The van der Waals surface area contributed by atoms with Crippen molar-refractivity contribution < 1.29 is 14.3 Å². The van der Waals surface area contributed by atoms with Gasteiger partial charge in [0.15, 0.2) is 18.1 Å². The Hall–Kier alpha value is -2.71. The lowest BCUT2D eigenvalue weighted by atomic mass is 10.2. The van der Waals surface area contributed by atoms with Crippen LogP contribution in [0.2, 0.25) is 5.02 Å². The van der Waals surface area contributed by atoms with Crippen LogP contribution < -0.4 is 14.8 Å². The molecule has 0 radical (unpaired) electrons. The number of hydrogen-bond acceptors (Lipinski definition) is 4. The third-order valence-corrected chi connectivity index (χ3v) is 3.44. The minimum atomic E-state index is -0.340. The maximum absolute atomic E-state index is 12.0. The van der Waals surface area contributed by atoms with Crippen LogP contribution in [-0.2, 0) is 4.79 Å². The summed E-state index contributed by atoms with van der Waals surface area (Å²) in [5, 5.41) is 12.1. The topological polar surface area (TPSA) is 71.3 Å². The molecule has 2 aromatic carbocycles. The SMILES string of the molecule is CCOc1cc(C#N)ccc1OCC(=O)Nc1ccc(C)cc1Cl. The van der Waals surface area contributed by atoms with E-state index >= 15 is 0 Å². The second-order valence-corrected chi connectivity index (χ2v) is 5.43. The highest BCUT2D eigenvalue weighted by Crippen LogP contribution is 2.28. The fourth-order valence-corrected chi connectivity index (χ4v) is 2.30. The number of nitrogens with one attached hydrogen (secondary N) is 1. The van der Waals surface area contributed by atoms with E-state index in [0.717, 1.165) is 5.56 Å². The molecular weight excluding hydrogens is 328 g/mol. The average Bonchev–Trinajstić information content (AvgIpc) is 2.56. The molecule has 0 fully saturated rings. The highest BCUT2D eigenvalue weighted by atomic mass is 35.5. The maximum Gasteiger partial charge on any atom is 0.262 e. The summed E-state index contributed by atoms with van der Waals surface area (Å²) < 4.78 is 10.9. The first kappa shape index (κ1) is 17.6. The lowest BCUT2D eigenvalue weighted by Crippen LogP contribution is -2.20. The quantitative estimate of drug-likeness (QED) is 0.861. The van der Waals surface area contributed by atoms with Crippen LogP contribution in [-0.4, -0.2) is 19.1 Å². The zero-order valence-corrected chi connectivity index (χ0v) is 14.2. The number of carbonyl (C=O) groups is 1. The first-order valence-electron chi connectivity index (χ1n) is 7.39. The van der Waals surface area contributed by atoms with Crippen molar-refractivity contribution in [2.45, 2.75) is 13.8 Å². The van der Waals surface area contributed by atoms with Crippen LogP contribution in [0, 0.1) is 18.3 Å². The molecule has 0 unspecified atom stereocenters. The summed E-state index contributed by atoms with van der Waals surface area (Å²) in [6, 6.07) is 12.2. The third kappa shape index (κ3) is 4.64. The van der Waals surface area contributed by atoms with E-state index in [2.05, 4.69) is 5.32 Å². The Balaban J connectivity index is 2.02. The molecule has 1 N–H and O–H groups in total. The Labute approximate surface area is 145 Å². The lowest BCUT2D eigenvalue weighted by molar-refractivity contribution is -0.118. The van der Waals surface area contributed by atoms with E-state index < -0.39 is 0 Å². The Bertz CT molecular complexity index is 784. The van der Waals surface area contributed by atoms with Gasteiger partial charge in [-0.1, -0.05) is 17.7 Å². The molecule has 0 aliphatic rings. The summed E-state index contributed by atoms with van der Waals surface area (Å²) in [4.78, 5) is 12.0. The van der Waals surface area contributed by atoms with Gasteiger partial charge in [0.25, 0.3) is 5.91 Å². The van der Waals surface area contributed by atoms with Crippen molar-refractivity contribution >= 4 is 23.2 Å². The number of carbonyl (C=O) groups excluding carboxylic acids is 1. The second-order valence-electron chi connectivity index (χ2n) is 5.03. The van der Waals surface area contributed by atoms with Crippen LogP contribution in [0.4, 0.5) is 5.69 Å². The number of nitriles is 1. The number of amides is 1. The number of hydrogen-bond donors (Lipinski definition) is 1. The highest BCUT2D eigenvalue weighted by molar-refractivity contribution is 6.33. The van der Waals surface area contributed by atoms with Crippen LogP contribution in [0.5, 0.6) is 11.5 Å². The fourth-order valence-electron chi connectivity index (χ4n) is 2.02. The molecule has 6 heteroatoms. The van der Waals surface area contributed by atoms with Gasteiger partial charge in [-0.25, -0.2) is 0 Å². The van der Waals surface area contributed by atoms with E-state index in [0.29, 0.717) is 34.4 Å². The summed E-state index contributed by atoms with van der Waals surface area (Å²) in [5.41, 5.74) is 2.00. The molecule has 124 valence electrons. The van der Waals surface area contributed by atoms with Crippen LogP contribution in [0.15, 0.2) is 36.4 Å². The van der Waals surface area contributed by atoms with Crippen molar-refractivity contribution in [3.8, 4) is 17.6 Å². The molecule has 0 aliphatic carbocycles. The van der Waals surface area contributed by atoms with Gasteiger partial charge in [0, 0.05) is 6.07 Å². The van der Waals surface area contributed by atoms with E-state index in [1.807, 2.05) is 26.0 Å². The first-order valence-corrected chi connectivity index (χ1v) is 7.77. The molecule has 0 atom stereocenters. The van der Waals surface area contributed by atoms with E-state index in [-0.39, 0.29) is 12.5 Å². The van der Waals surface area contributed by atoms with Crippen LogP contribution in [0.3, 0.4) is 0 Å². The molecular formula is C18H17ClN2O3. The van der Waals surface area contributed by atoms with Crippen LogP contribution in [0.1, 0.15) is 18.1 Å². The van der Waals surface area contributed by atoms with Gasteiger partial charge < -0.3 is 14.8 Å². The summed E-state index contributed by atoms with van der Waals surface area (Å²) in [6.45, 7) is 3.97. The van der Waals surface area contributed by atoms with Crippen molar-refractivity contribution in [3.63, 3.8) is 0 Å². The zero-order chi connectivity index (χ0) is 17.5. The Kier molecular flexibility index (Phi) is 6.05. The number of aryl methyl sites for hydroxylation is 1. The number of anilines is 1. The summed E-state index contributed by atoms with van der Waals surface area (Å²) >= 11 is 6.08. The summed E-state index contributed by atoms with van der Waals surface area (Å²) in [7, 11) is 0. The monoisotopic (exact) mass is 344 g/mol. The molecule has 2 aromatic rings. The molecule has 1 amide bonds. The van der Waals surface area contributed by atoms with Crippen LogP contribution in [0.25, 0.3) is 0 Å². The minimum Gasteiger partial charge on any atom is -0.490 e. The van der Waals surface area contributed by atoms with Gasteiger partial charge in [-0.3, -0.25) is 4.79 Å². The fraction of sp³-hybridized carbons (Fsp3) is 0.222. The smallest absolute Gasteiger partial charge is 0.262 e. The number of benzene rings is 2. The van der Waals surface area contributed by atoms with Crippen LogP contribution >= 0.6 is 11.6 Å². The van der Waals surface area contributed by atoms with E-state index in [1.165, 1.54) is 0 Å². The molecule has 2 rings (SSSR count). The average molecular weight is 345 g/mol. The second kappa shape index (κ2) is 8.23. The molecule has 5 nitrogen and oxygen atoms in total. The normalized spacial score (nSPS) is 9.92. The Morgan fingerprint density at radius 3 is 2.67 bits per heavy atom. The largest absolute Gasteiger partial charge is 0.490 e. The van der Waals surface area contributed by atoms with Gasteiger partial charge in [-0.05, 0) is 43.7 Å². The van der Waals surface area contributed by atoms with Crippen molar-refractivity contribution in [1.29, 1.82) is 5.26 Å². The predicted molar refractivity (Wildman–Crippen MR) is 92.6 cm³/mol. The number of nitrogens with zero attached hydrogens (tertiary/aromatic N) is 1. The number of rotatable bonds is 6. The molecule has 0 spiro atoms. The molecule has 0 heterocycles.